The van der Waals surface area contributed by atoms with Crippen LogP contribution in [-0.4, -0.2) is 5.91 Å². The number of rotatable bonds is 2. The molecule has 0 aliphatic rings. The van der Waals surface area contributed by atoms with E-state index in [1.807, 2.05) is 25.1 Å². The van der Waals surface area contributed by atoms with Crippen molar-refractivity contribution in [1.29, 1.82) is 0 Å². The Morgan fingerprint density at radius 2 is 1.68 bits per heavy atom. The van der Waals surface area contributed by atoms with Gasteiger partial charge in [0.05, 0.1) is 0 Å². The summed E-state index contributed by atoms with van der Waals surface area (Å²) >= 11 is 15.1. The maximum atomic E-state index is 12.1. The SMILES string of the molecule is Cc1cc(Br)cc(NC(=O)c2cc(Cl)cc(Cl)c2)c1. The molecule has 0 saturated carbocycles. The summed E-state index contributed by atoms with van der Waals surface area (Å²) < 4.78 is 0.909. The Balaban J connectivity index is 2.25. The number of hydrogen-bond acceptors (Lipinski definition) is 1. The molecule has 0 fully saturated rings. The van der Waals surface area contributed by atoms with E-state index < -0.39 is 0 Å². The van der Waals surface area contributed by atoms with Crippen molar-refractivity contribution in [3.8, 4) is 0 Å². The molecule has 2 nitrogen and oxygen atoms in total. The largest absolute Gasteiger partial charge is 0.322 e. The van der Waals surface area contributed by atoms with Crippen LogP contribution in [0.4, 0.5) is 5.69 Å². The van der Waals surface area contributed by atoms with Crippen molar-refractivity contribution in [3.63, 3.8) is 0 Å². The first kappa shape index (κ1) is 14.4. The molecule has 5 heteroatoms. The number of nitrogens with one attached hydrogen (secondary N) is 1. The molecule has 0 aliphatic heterocycles. The van der Waals surface area contributed by atoms with Crippen molar-refractivity contribution in [2.45, 2.75) is 6.92 Å². The third-order valence-electron chi connectivity index (χ3n) is 2.42. The molecule has 0 radical (unpaired) electrons. The van der Waals surface area contributed by atoms with E-state index in [2.05, 4.69) is 21.2 Å². The number of carbonyl (C=O) groups excluding carboxylic acids is 1. The van der Waals surface area contributed by atoms with Gasteiger partial charge in [-0.25, -0.2) is 0 Å². The van der Waals surface area contributed by atoms with Gasteiger partial charge in [-0.3, -0.25) is 4.79 Å². The van der Waals surface area contributed by atoms with Crippen LogP contribution in [0.3, 0.4) is 0 Å². The molecule has 0 saturated heterocycles. The third kappa shape index (κ3) is 3.96. The first-order valence-electron chi connectivity index (χ1n) is 5.49. The molecular weight excluding hydrogens is 349 g/mol. The molecule has 98 valence electrons. The summed E-state index contributed by atoms with van der Waals surface area (Å²) in [6, 6.07) is 10.4. The van der Waals surface area contributed by atoms with Gasteiger partial charge in [-0.05, 0) is 48.9 Å². The van der Waals surface area contributed by atoms with Crippen LogP contribution >= 0.6 is 39.1 Å². The minimum Gasteiger partial charge on any atom is -0.322 e. The first-order chi connectivity index (χ1) is 8.94. The van der Waals surface area contributed by atoms with E-state index in [0.29, 0.717) is 21.3 Å². The molecule has 19 heavy (non-hydrogen) atoms. The molecule has 0 atom stereocenters. The van der Waals surface area contributed by atoms with Gasteiger partial charge in [-0.2, -0.15) is 0 Å². The Bertz CT molecular complexity index is 603. The Hall–Kier alpha value is -1.03. The van der Waals surface area contributed by atoms with Crippen LogP contribution < -0.4 is 5.32 Å². The van der Waals surface area contributed by atoms with E-state index in [-0.39, 0.29) is 5.91 Å². The van der Waals surface area contributed by atoms with Gasteiger partial charge < -0.3 is 5.32 Å². The topological polar surface area (TPSA) is 29.1 Å². The molecule has 0 bridgehead atoms. The van der Waals surface area contributed by atoms with Gasteiger partial charge in [-0.15, -0.1) is 0 Å². The molecule has 0 spiro atoms. The maximum absolute atomic E-state index is 12.1. The van der Waals surface area contributed by atoms with Crippen molar-refractivity contribution in [3.05, 3.63) is 62.0 Å². The minimum absolute atomic E-state index is 0.248. The zero-order chi connectivity index (χ0) is 14.0. The first-order valence-corrected chi connectivity index (χ1v) is 7.03. The van der Waals surface area contributed by atoms with Crippen LogP contribution in [0, 0.1) is 6.92 Å². The van der Waals surface area contributed by atoms with Crippen molar-refractivity contribution < 1.29 is 4.79 Å². The quantitative estimate of drug-likeness (QED) is 0.773. The zero-order valence-corrected chi connectivity index (χ0v) is 13.1. The Kier molecular flexibility index (Phi) is 4.50. The van der Waals surface area contributed by atoms with Crippen LogP contribution in [0.1, 0.15) is 15.9 Å². The van der Waals surface area contributed by atoms with E-state index in [4.69, 9.17) is 23.2 Å². The van der Waals surface area contributed by atoms with Crippen molar-refractivity contribution in [2.24, 2.45) is 0 Å². The Morgan fingerprint density at radius 1 is 1.05 bits per heavy atom. The summed E-state index contributed by atoms with van der Waals surface area (Å²) in [6.07, 6.45) is 0. The lowest BCUT2D eigenvalue weighted by Crippen LogP contribution is -2.12. The fourth-order valence-electron chi connectivity index (χ4n) is 1.70. The lowest BCUT2D eigenvalue weighted by molar-refractivity contribution is 0.102. The van der Waals surface area contributed by atoms with E-state index in [1.54, 1.807) is 18.2 Å². The Morgan fingerprint density at radius 3 is 2.26 bits per heavy atom. The molecule has 0 aromatic heterocycles. The summed E-state index contributed by atoms with van der Waals surface area (Å²) in [7, 11) is 0. The molecule has 2 aromatic carbocycles. The number of aryl methyl sites for hydroxylation is 1. The zero-order valence-electron chi connectivity index (χ0n) is 10.0. The van der Waals surface area contributed by atoms with Crippen molar-refractivity contribution in [2.75, 3.05) is 5.32 Å². The predicted molar refractivity (Wildman–Crippen MR) is 83.3 cm³/mol. The molecule has 2 rings (SSSR count). The lowest BCUT2D eigenvalue weighted by Gasteiger charge is -2.08. The van der Waals surface area contributed by atoms with Gasteiger partial charge in [0, 0.05) is 25.8 Å². The molecule has 1 N–H and O–H groups in total. The summed E-state index contributed by atoms with van der Waals surface area (Å²) in [5, 5.41) is 3.67. The second kappa shape index (κ2) is 5.95. The predicted octanol–water partition coefficient (Wildman–Crippen LogP) is 5.32. The van der Waals surface area contributed by atoms with Crippen molar-refractivity contribution in [1.82, 2.24) is 0 Å². The maximum Gasteiger partial charge on any atom is 0.255 e. The second-order valence-electron chi connectivity index (χ2n) is 4.13. The fraction of sp³-hybridized carbons (Fsp3) is 0.0714. The number of hydrogen-bond donors (Lipinski definition) is 1. The van der Waals surface area contributed by atoms with Crippen LogP contribution in [0.25, 0.3) is 0 Å². The van der Waals surface area contributed by atoms with Crippen LogP contribution in [0.2, 0.25) is 10.0 Å². The van der Waals surface area contributed by atoms with Gasteiger partial charge in [0.1, 0.15) is 0 Å². The number of anilines is 1. The highest BCUT2D eigenvalue weighted by atomic mass is 79.9. The van der Waals surface area contributed by atoms with E-state index in [9.17, 15) is 4.79 Å². The highest BCUT2D eigenvalue weighted by Crippen LogP contribution is 2.22. The minimum atomic E-state index is -0.248. The molecule has 2 aromatic rings. The highest BCUT2D eigenvalue weighted by molar-refractivity contribution is 9.10. The molecule has 0 heterocycles. The molecule has 0 unspecified atom stereocenters. The summed E-state index contributed by atoms with van der Waals surface area (Å²) in [5.41, 5.74) is 2.19. The lowest BCUT2D eigenvalue weighted by atomic mass is 10.2. The van der Waals surface area contributed by atoms with Gasteiger partial charge in [-0.1, -0.05) is 39.1 Å². The standard InChI is InChI=1S/C14H10BrCl2NO/c1-8-2-10(15)6-13(3-8)18-14(19)9-4-11(16)7-12(17)5-9/h2-7H,1H3,(H,18,19). The van der Waals surface area contributed by atoms with Crippen LogP contribution in [0.5, 0.6) is 0 Å². The van der Waals surface area contributed by atoms with Gasteiger partial charge in [0.25, 0.3) is 5.91 Å². The Labute approximate surface area is 129 Å². The fourth-order valence-corrected chi connectivity index (χ4v) is 2.83. The highest BCUT2D eigenvalue weighted by Gasteiger charge is 2.09. The van der Waals surface area contributed by atoms with Crippen LogP contribution in [-0.2, 0) is 0 Å². The van der Waals surface area contributed by atoms with Crippen LogP contribution in [0.15, 0.2) is 40.9 Å². The second-order valence-corrected chi connectivity index (χ2v) is 5.92. The number of benzene rings is 2. The smallest absolute Gasteiger partial charge is 0.255 e. The normalized spacial score (nSPS) is 10.3. The van der Waals surface area contributed by atoms with E-state index >= 15 is 0 Å². The van der Waals surface area contributed by atoms with Gasteiger partial charge >= 0.3 is 0 Å². The monoisotopic (exact) mass is 357 g/mol. The van der Waals surface area contributed by atoms with E-state index in [1.165, 1.54) is 0 Å². The summed E-state index contributed by atoms with van der Waals surface area (Å²) in [4.78, 5) is 12.1. The molecular formula is C14H10BrCl2NO. The van der Waals surface area contributed by atoms with Crippen molar-refractivity contribution >= 4 is 50.7 Å². The van der Waals surface area contributed by atoms with Gasteiger partial charge in [0.15, 0.2) is 0 Å². The third-order valence-corrected chi connectivity index (χ3v) is 3.32. The molecule has 0 aliphatic carbocycles. The molecule has 1 amide bonds. The average Bonchev–Trinajstić information content (AvgIpc) is 2.25. The van der Waals surface area contributed by atoms with E-state index in [0.717, 1.165) is 10.0 Å². The number of amides is 1. The summed E-state index contributed by atoms with van der Waals surface area (Å²) in [6.45, 7) is 1.96. The van der Waals surface area contributed by atoms with Gasteiger partial charge in [0.2, 0.25) is 0 Å². The average molecular weight is 359 g/mol. The number of carbonyl (C=O) groups is 1. The summed E-state index contributed by atoms with van der Waals surface area (Å²) in [5.74, 6) is -0.248. The number of halogens is 3.